The molecule has 2 heterocycles. The van der Waals surface area contributed by atoms with Gasteiger partial charge >= 0.3 is 0 Å². The number of sulfonamides is 1. The third-order valence-corrected chi connectivity index (χ3v) is 6.08. The average Bonchev–Trinajstić information content (AvgIpc) is 3.28. The lowest BCUT2D eigenvalue weighted by Gasteiger charge is -2.18. The Labute approximate surface area is 145 Å². The van der Waals surface area contributed by atoms with E-state index in [1.807, 2.05) is 0 Å². The highest BCUT2D eigenvalue weighted by Gasteiger charge is 2.36. The molecule has 132 valence electrons. The number of aromatic nitrogens is 2. The lowest BCUT2D eigenvalue weighted by Crippen LogP contribution is -2.34. The van der Waals surface area contributed by atoms with Crippen molar-refractivity contribution in [3.63, 3.8) is 0 Å². The van der Waals surface area contributed by atoms with Gasteiger partial charge in [-0.1, -0.05) is 30.1 Å². The summed E-state index contributed by atoms with van der Waals surface area (Å²) in [5.41, 5.74) is 6.41. The maximum atomic E-state index is 12.2. The monoisotopic (exact) mass is 361 g/mol. The van der Waals surface area contributed by atoms with Crippen LogP contribution >= 0.6 is 0 Å². The zero-order valence-electron chi connectivity index (χ0n) is 13.8. The Kier molecular flexibility index (Phi) is 3.66. The molecule has 0 bridgehead atoms. The van der Waals surface area contributed by atoms with Crippen molar-refractivity contribution < 1.29 is 12.9 Å². The smallest absolute Gasteiger partial charge is 0.285 e. The molecule has 25 heavy (non-hydrogen) atoms. The van der Waals surface area contributed by atoms with Crippen molar-refractivity contribution >= 4 is 15.9 Å². The van der Waals surface area contributed by atoms with Crippen molar-refractivity contribution in [2.75, 3.05) is 7.05 Å². The Morgan fingerprint density at radius 2 is 2.00 bits per heavy atom. The van der Waals surface area contributed by atoms with Gasteiger partial charge in [0.05, 0.1) is 12.1 Å². The fourth-order valence-corrected chi connectivity index (χ4v) is 4.64. The van der Waals surface area contributed by atoms with Crippen LogP contribution in [0.2, 0.25) is 0 Å². The normalized spacial score (nSPS) is 20.3. The van der Waals surface area contributed by atoms with E-state index >= 15 is 0 Å². The number of rotatable bonds is 3. The van der Waals surface area contributed by atoms with E-state index in [2.05, 4.69) is 14.5 Å². The molecule has 9 heteroatoms. The minimum absolute atomic E-state index is 0.218. The Balaban J connectivity index is 1.58. The molecule has 4 rings (SSSR count). The van der Waals surface area contributed by atoms with Crippen molar-refractivity contribution in [2.24, 2.45) is 10.1 Å². The number of amidine groups is 1. The average molecular weight is 361 g/mol. The summed E-state index contributed by atoms with van der Waals surface area (Å²) in [4.78, 5) is 6.33. The van der Waals surface area contributed by atoms with E-state index < -0.39 is 15.6 Å². The van der Waals surface area contributed by atoms with E-state index in [0.717, 1.165) is 25.7 Å². The topological polar surface area (TPSA) is 115 Å². The molecule has 2 aliphatic rings. The molecule has 1 aromatic carbocycles. The highest BCUT2D eigenvalue weighted by Crippen LogP contribution is 2.34. The van der Waals surface area contributed by atoms with Crippen LogP contribution in [-0.4, -0.2) is 36.3 Å². The van der Waals surface area contributed by atoms with Crippen LogP contribution in [0, 0.1) is 0 Å². The van der Waals surface area contributed by atoms with Gasteiger partial charge < -0.3 is 15.2 Å². The fourth-order valence-electron chi connectivity index (χ4n) is 3.39. The molecular weight excluding hydrogens is 342 g/mol. The minimum atomic E-state index is -3.65. The van der Waals surface area contributed by atoms with Crippen LogP contribution in [0.5, 0.6) is 0 Å². The summed E-state index contributed by atoms with van der Waals surface area (Å²) in [6, 6.07) is 6.76. The Morgan fingerprint density at radius 3 is 2.76 bits per heavy atom. The standard InChI is InChI=1S/C16H19N5O3S/c1-21(14-11-6-2-3-7-12(11)25(22,23)20-14)10-13-18-15(19-24-13)16(17)8-4-5-9-16/h2-3,6-7H,4-5,8-10,17H2,1H3. The van der Waals surface area contributed by atoms with Gasteiger partial charge in [0, 0.05) is 12.6 Å². The summed E-state index contributed by atoms with van der Waals surface area (Å²) in [7, 11) is -1.91. The van der Waals surface area contributed by atoms with Crippen molar-refractivity contribution in [3.05, 3.63) is 41.5 Å². The van der Waals surface area contributed by atoms with Crippen molar-refractivity contribution in [3.8, 4) is 0 Å². The lowest BCUT2D eigenvalue weighted by atomic mass is 9.99. The Morgan fingerprint density at radius 1 is 1.28 bits per heavy atom. The number of hydrogen-bond acceptors (Lipinski definition) is 7. The third kappa shape index (κ3) is 2.73. The second kappa shape index (κ2) is 5.63. The van der Waals surface area contributed by atoms with E-state index in [9.17, 15) is 8.42 Å². The van der Waals surface area contributed by atoms with Gasteiger partial charge in [-0.05, 0) is 25.0 Å². The number of fused-ring (bicyclic) bond motifs is 1. The molecule has 1 aromatic heterocycles. The van der Waals surface area contributed by atoms with Crippen LogP contribution in [0.15, 0.2) is 38.1 Å². The first-order valence-electron chi connectivity index (χ1n) is 8.16. The summed E-state index contributed by atoms with van der Waals surface area (Å²) in [5.74, 6) is 1.28. The summed E-state index contributed by atoms with van der Waals surface area (Å²) in [5, 5.41) is 4.03. The van der Waals surface area contributed by atoms with Crippen LogP contribution in [0.4, 0.5) is 0 Å². The first-order chi connectivity index (χ1) is 11.9. The van der Waals surface area contributed by atoms with E-state index in [0.29, 0.717) is 23.1 Å². The van der Waals surface area contributed by atoms with Gasteiger partial charge in [0.15, 0.2) is 11.7 Å². The van der Waals surface area contributed by atoms with Gasteiger partial charge in [-0.3, -0.25) is 0 Å². The molecule has 2 N–H and O–H groups in total. The van der Waals surface area contributed by atoms with E-state index in [-0.39, 0.29) is 11.4 Å². The SMILES string of the molecule is CN(Cc1nc(C2(N)CCCC2)no1)C1=NS(=O)(=O)c2ccccc21. The highest BCUT2D eigenvalue weighted by atomic mass is 32.2. The van der Waals surface area contributed by atoms with E-state index in [1.165, 1.54) is 0 Å². The minimum Gasteiger partial charge on any atom is -0.349 e. The molecule has 0 radical (unpaired) electrons. The predicted molar refractivity (Wildman–Crippen MR) is 90.3 cm³/mol. The van der Waals surface area contributed by atoms with Crippen LogP contribution in [0.3, 0.4) is 0 Å². The van der Waals surface area contributed by atoms with Crippen molar-refractivity contribution in [1.29, 1.82) is 0 Å². The van der Waals surface area contributed by atoms with E-state index in [1.54, 1.807) is 36.2 Å². The molecule has 8 nitrogen and oxygen atoms in total. The molecule has 1 saturated carbocycles. The van der Waals surface area contributed by atoms with Gasteiger partial charge in [-0.15, -0.1) is 4.40 Å². The number of nitrogens with two attached hydrogens (primary N) is 1. The molecule has 0 atom stereocenters. The summed E-state index contributed by atoms with van der Waals surface area (Å²) >= 11 is 0. The van der Waals surface area contributed by atoms with Crippen LogP contribution in [-0.2, 0) is 22.1 Å². The van der Waals surface area contributed by atoms with Gasteiger partial charge in [0.25, 0.3) is 10.0 Å². The molecule has 0 saturated heterocycles. The highest BCUT2D eigenvalue weighted by molar-refractivity contribution is 7.90. The fraction of sp³-hybridized carbons (Fsp3) is 0.438. The van der Waals surface area contributed by atoms with Crippen LogP contribution in [0.1, 0.15) is 43.0 Å². The van der Waals surface area contributed by atoms with Gasteiger partial charge in [0.1, 0.15) is 4.90 Å². The van der Waals surface area contributed by atoms with Gasteiger partial charge in [-0.2, -0.15) is 13.4 Å². The van der Waals surface area contributed by atoms with Crippen LogP contribution in [0.25, 0.3) is 0 Å². The zero-order valence-corrected chi connectivity index (χ0v) is 14.7. The first kappa shape index (κ1) is 16.2. The van der Waals surface area contributed by atoms with E-state index in [4.69, 9.17) is 10.3 Å². The number of nitrogens with zero attached hydrogens (tertiary/aromatic N) is 4. The molecule has 0 unspecified atom stereocenters. The molecule has 1 aliphatic heterocycles. The lowest BCUT2D eigenvalue weighted by molar-refractivity contribution is 0.322. The largest absolute Gasteiger partial charge is 0.349 e. The molecule has 1 aliphatic carbocycles. The summed E-state index contributed by atoms with van der Waals surface area (Å²) in [6.45, 7) is 0.256. The predicted octanol–water partition coefficient (Wildman–Crippen LogP) is 1.38. The second-order valence-electron chi connectivity index (χ2n) is 6.62. The van der Waals surface area contributed by atoms with Crippen molar-refractivity contribution in [1.82, 2.24) is 15.0 Å². The van der Waals surface area contributed by atoms with Gasteiger partial charge in [-0.25, -0.2) is 0 Å². The molecular formula is C16H19N5O3S. The number of hydrogen-bond donors (Lipinski definition) is 1. The maximum Gasteiger partial charge on any atom is 0.285 e. The zero-order chi connectivity index (χ0) is 17.7. The summed E-state index contributed by atoms with van der Waals surface area (Å²) < 4.78 is 33.5. The molecule has 0 spiro atoms. The summed E-state index contributed by atoms with van der Waals surface area (Å²) in [6.07, 6.45) is 3.82. The van der Waals surface area contributed by atoms with Crippen LogP contribution < -0.4 is 5.73 Å². The maximum absolute atomic E-state index is 12.2. The molecule has 2 aromatic rings. The number of benzene rings is 1. The first-order valence-corrected chi connectivity index (χ1v) is 9.60. The molecule has 1 fully saturated rings. The second-order valence-corrected chi connectivity index (χ2v) is 8.19. The molecule has 0 amide bonds. The van der Waals surface area contributed by atoms with Gasteiger partial charge in [0.2, 0.25) is 5.89 Å². The third-order valence-electron chi connectivity index (χ3n) is 4.76. The quantitative estimate of drug-likeness (QED) is 0.878. The van der Waals surface area contributed by atoms with Crippen molar-refractivity contribution in [2.45, 2.75) is 42.7 Å². The Bertz CT molecular complexity index is 944. The Hall–Kier alpha value is -2.26.